The van der Waals surface area contributed by atoms with E-state index in [0.29, 0.717) is 22.5 Å². The van der Waals surface area contributed by atoms with Crippen LogP contribution in [-0.2, 0) is 6.54 Å². The SMILES string of the molecule is CC(C)(C)CCNCc1ccc(Cl)cc1F. The first-order valence-electron chi connectivity index (χ1n) is 5.53. The monoisotopic (exact) mass is 243 g/mol. The molecule has 1 aromatic rings. The second-order valence-electron chi connectivity index (χ2n) is 5.22. The molecule has 0 saturated carbocycles. The fraction of sp³-hybridized carbons (Fsp3) is 0.538. The lowest BCUT2D eigenvalue weighted by molar-refractivity contribution is 0.366. The zero-order chi connectivity index (χ0) is 12.2. The van der Waals surface area contributed by atoms with Crippen molar-refractivity contribution in [3.8, 4) is 0 Å². The minimum atomic E-state index is -0.240. The van der Waals surface area contributed by atoms with Crippen molar-refractivity contribution >= 4 is 11.6 Å². The van der Waals surface area contributed by atoms with Gasteiger partial charge in [0.15, 0.2) is 0 Å². The second kappa shape index (κ2) is 5.65. The summed E-state index contributed by atoms with van der Waals surface area (Å²) in [5, 5.41) is 3.68. The number of rotatable bonds is 4. The Morgan fingerprint density at radius 1 is 1.31 bits per heavy atom. The van der Waals surface area contributed by atoms with Crippen LogP contribution in [0.4, 0.5) is 4.39 Å². The van der Waals surface area contributed by atoms with E-state index < -0.39 is 0 Å². The summed E-state index contributed by atoms with van der Waals surface area (Å²) in [5.74, 6) is -0.240. The number of hydrogen-bond donors (Lipinski definition) is 1. The van der Waals surface area contributed by atoms with Gasteiger partial charge >= 0.3 is 0 Å². The van der Waals surface area contributed by atoms with Crippen molar-refractivity contribution in [2.45, 2.75) is 33.7 Å². The Labute approximate surface area is 102 Å². The number of nitrogens with one attached hydrogen (secondary N) is 1. The van der Waals surface area contributed by atoms with E-state index in [1.54, 1.807) is 12.1 Å². The first-order chi connectivity index (χ1) is 7.38. The van der Waals surface area contributed by atoms with Crippen molar-refractivity contribution in [3.63, 3.8) is 0 Å². The smallest absolute Gasteiger partial charge is 0.129 e. The summed E-state index contributed by atoms with van der Waals surface area (Å²) >= 11 is 5.68. The quantitative estimate of drug-likeness (QED) is 0.788. The Morgan fingerprint density at radius 2 is 2.00 bits per heavy atom. The third-order valence-corrected chi connectivity index (χ3v) is 2.62. The van der Waals surface area contributed by atoms with Crippen LogP contribution in [0.15, 0.2) is 18.2 Å². The van der Waals surface area contributed by atoms with Crippen LogP contribution >= 0.6 is 11.6 Å². The Bertz CT molecular complexity index is 344. The molecule has 0 radical (unpaired) electrons. The molecular weight excluding hydrogens is 225 g/mol. The van der Waals surface area contributed by atoms with Gasteiger partial charge in [-0.15, -0.1) is 0 Å². The van der Waals surface area contributed by atoms with Crippen LogP contribution in [0.2, 0.25) is 5.02 Å². The van der Waals surface area contributed by atoms with Crippen LogP contribution in [0.1, 0.15) is 32.8 Å². The molecule has 0 unspecified atom stereocenters. The van der Waals surface area contributed by atoms with Gasteiger partial charge in [0.25, 0.3) is 0 Å². The van der Waals surface area contributed by atoms with Crippen molar-refractivity contribution < 1.29 is 4.39 Å². The first kappa shape index (κ1) is 13.5. The molecule has 0 amide bonds. The predicted octanol–water partition coefficient (Wildman–Crippen LogP) is 4.00. The summed E-state index contributed by atoms with van der Waals surface area (Å²) in [7, 11) is 0. The normalized spacial score (nSPS) is 11.8. The molecule has 1 N–H and O–H groups in total. The minimum absolute atomic E-state index is 0.240. The molecule has 0 aliphatic carbocycles. The molecule has 0 aliphatic heterocycles. The van der Waals surface area contributed by atoms with Gasteiger partial charge in [0.2, 0.25) is 0 Å². The molecule has 0 aromatic heterocycles. The highest BCUT2D eigenvalue weighted by Gasteiger charge is 2.09. The van der Waals surface area contributed by atoms with Crippen LogP contribution in [0, 0.1) is 11.2 Å². The fourth-order valence-corrected chi connectivity index (χ4v) is 1.51. The second-order valence-corrected chi connectivity index (χ2v) is 5.66. The van der Waals surface area contributed by atoms with Crippen LogP contribution in [0.25, 0.3) is 0 Å². The summed E-state index contributed by atoms with van der Waals surface area (Å²) < 4.78 is 13.4. The molecule has 1 nitrogen and oxygen atoms in total. The molecule has 0 bridgehead atoms. The van der Waals surface area contributed by atoms with Crippen molar-refractivity contribution in [3.05, 3.63) is 34.6 Å². The largest absolute Gasteiger partial charge is 0.313 e. The Balaban J connectivity index is 2.38. The fourth-order valence-electron chi connectivity index (χ4n) is 1.35. The zero-order valence-electron chi connectivity index (χ0n) is 10.1. The van der Waals surface area contributed by atoms with Crippen LogP contribution in [0.5, 0.6) is 0 Å². The van der Waals surface area contributed by atoms with Crippen molar-refractivity contribution in [2.75, 3.05) is 6.54 Å². The van der Waals surface area contributed by atoms with E-state index in [9.17, 15) is 4.39 Å². The third kappa shape index (κ3) is 4.95. The van der Waals surface area contributed by atoms with Gasteiger partial charge in [-0.05, 0) is 30.5 Å². The average molecular weight is 244 g/mol. The summed E-state index contributed by atoms with van der Waals surface area (Å²) in [6.07, 6.45) is 1.07. The molecule has 16 heavy (non-hydrogen) atoms. The topological polar surface area (TPSA) is 12.0 Å². The molecule has 1 aromatic carbocycles. The molecule has 1 rings (SSSR count). The minimum Gasteiger partial charge on any atom is -0.313 e. The highest BCUT2D eigenvalue weighted by molar-refractivity contribution is 6.30. The lowest BCUT2D eigenvalue weighted by atomic mass is 9.92. The Morgan fingerprint density at radius 3 is 2.56 bits per heavy atom. The maximum Gasteiger partial charge on any atom is 0.129 e. The lowest BCUT2D eigenvalue weighted by Gasteiger charge is -2.18. The number of hydrogen-bond acceptors (Lipinski definition) is 1. The summed E-state index contributed by atoms with van der Waals surface area (Å²) in [4.78, 5) is 0. The maximum absolute atomic E-state index is 13.4. The van der Waals surface area contributed by atoms with Gasteiger partial charge in [-0.2, -0.15) is 0 Å². The predicted molar refractivity (Wildman–Crippen MR) is 67.2 cm³/mol. The lowest BCUT2D eigenvalue weighted by Crippen LogP contribution is -2.20. The Hall–Kier alpha value is -0.600. The van der Waals surface area contributed by atoms with Gasteiger partial charge in [0, 0.05) is 17.1 Å². The molecular formula is C13H19ClFN. The van der Waals surface area contributed by atoms with Crippen molar-refractivity contribution in [1.29, 1.82) is 0 Å². The molecule has 0 fully saturated rings. The van der Waals surface area contributed by atoms with E-state index in [0.717, 1.165) is 13.0 Å². The summed E-state index contributed by atoms with van der Waals surface area (Å²) in [6, 6.07) is 4.79. The van der Waals surface area contributed by atoms with E-state index >= 15 is 0 Å². The number of halogens is 2. The highest BCUT2D eigenvalue weighted by Crippen LogP contribution is 2.17. The molecule has 0 saturated heterocycles. The van der Waals surface area contributed by atoms with Gasteiger partial charge in [-0.1, -0.05) is 38.4 Å². The molecule has 0 atom stereocenters. The Kier molecular flexibility index (Phi) is 4.75. The third-order valence-electron chi connectivity index (χ3n) is 2.38. The van der Waals surface area contributed by atoms with E-state index in [2.05, 4.69) is 26.1 Å². The molecule has 90 valence electrons. The van der Waals surface area contributed by atoms with Gasteiger partial charge in [0.05, 0.1) is 0 Å². The van der Waals surface area contributed by atoms with Gasteiger partial charge in [-0.25, -0.2) is 4.39 Å². The van der Waals surface area contributed by atoms with Gasteiger partial charge in [0.1, 0.15) is 5.82 Å². The molecule has 0 spiro atoms. The van der Waals surface area contributed by atoms with E-state index in [1.807, 2.05) is 0 Å². The average Bonchev–Trinajstić information content (AvgIpc) is 2.13. The van der Waals surface area contributed by atoms with Crippen molar-refractivity contribution in [1.82, 2.24) is 5.32 Å². The highest BCUT2D eigenvalue weighted by atomic mass is 35.5. The van der Waals surface area contributed by atoms with Gasteiger partial charge in [-0.3, -0.25) is 0 Å². The van der Waals surface area contributed by atoms with Gasteiger partial charge < -0.3 is 5.32 Å². The zero-order valence-corrected chi connectivity index (χ0v) is 10.9. The van der Waals surface area contributed by atoms with E-state index in [1.165, 1.54) is 6.07 Å². The molecule has 0 heterocycles. The van der Waals surface area contributed by atoms with Crippen LogP contribution < -0.4 is 5.32 Å². The first-order valence-corrected chi connectivity index (χ1v) is 5.91. The number of benzene rings is 1. The maximum atomic E-state index is 13.4. The molecule has 3 heteroatoms. The van der Waals surface area contributed by atoms with Crippen molar-refractivity contribution in [2.24, 2.45) is 5.41 Å². The molecule has 0 aliphatic rings. The summed E-state index contributed by atoms with van der Waals surface area (Å²) in [5.41, 5.74) is 0.976. The van der Waals surface area contributed by atoms with E-state index in [4.69, 9.17) is 11.6 Å². The van der Waals surface area contributed by atoms with Crippen LogP contribution in [-0.4, -0.2) is 6.54 Å². The standard InChI is InChI=1S/C13H19ClFN/c1-13(2,3)6-7-16-9-10-4-5-11(14)8-12(10)15/h4-5,8,16H,6-7,9H2,1-3H3. The van der Waals surface area contributed by atoms with Crippen LogP contribution in [0.3, 0.4) is 0 Å². The summed E-state index contributed by atoms with van der Waals surface area (Å²) in [6.45, 7) is 8.03. The van der Waals surface area contributed by atoms with E-state index in [-0.39, 0.29) is 5.82 Å².